The van der Waals surface area contributed by atoms with Crippen molar-refractivity contribution in [3.05, 3.63) is 0 Å². The molecule has 2 rings (SSSR count). The number of nitrogens with one attached hydrogen (secondary N) is 1. The average Bonchev–Trinajstić information content (AvgIpc) is 3.00. The number of hydrogen-bond acceptors (Lipinski definition) is 3. The second kappa shape index (κ2) is 8.50. The van der Waals surface area contributed by atoms with Crippen LogP contribution in [-0.2, 0) is 0 Å². The molecule has 1 atom stereocenters. The topological polar surface area (TPSA) is 18.5 Å². The van der Waals surface area contributed by atoms with E-state index < -0.39 is 0 Å². The lowest BCUT2D eigenvalue weighted by molar-refractivity contribution is 0.103. The molecule has 3 heteroatoms. The first-order valence-corrected chi connectivity index (χ1v) is 9.30. The van der Waals surface area contributed by atoms with E-state index in [9.17, 15) is 0 Å². The molecular formula is C18H37N3. The van der Waals surface area contributed by atoms with E-state index in [0.717, 1.165) is 19.0 Å². The smallest absolute Gasteiger partial charge is 0.00474 e. The zero-order valence-electron chi connectivity index (χ0n) is 14.7. The van der Waals surface area contributed by atoms with E-state index in [2.05, 4.69) is 35.9 Å². The zero-order chi connectivity index (χ0) is 15.1. The van der Waals surface area contributed by atoms with Gasteiger partial charge in [-0.05, 0) is 76.2 Å². The molecule has 124 valence electrons. The molecule has 2 fully saturated rings. The van der Waals surface area contributed by atoms with Gasteiger partial charge in [-0.15, -0.1) is 0 Å². The zero-order valence-corrected chi connectivity index (χ0v) is 14.7. The number of rotatable bonds is 8. The van der Waals surface area contributed by atoms with Gasteiger partial charge >= 0.3 is 0 Å². The lowest BCUT2D eigenvalue weighted by Gasteiger charge is -2.39. The van der Waals surface area contributed by atoms with Gasteiger partial charge < -0.3 is 15.1 Å². The van der Waals surface area contributed by atoms with Crippen molar-refractivity contribution in [3.63, 3.8) is 0 Å². The van der Waals surface area contributed by atoms with Crippen molar-refractivity contribution in [1.82, 2.24) is 15.1 Å². The Kier molecular flexibility index (Phi) is 6.97. The van der Waals surface area contributed by atoms with Crippen molar-refractivity contribution in [2.45, 2.75) is 52.9 Å². The second-order valence-corrected chi connectivity index (χ2v) is 7.67. The van der Waals surface area contributed by atoms with Crippen LogP contribution in [0.3, 0.4) is 0 Å². The van der Waals surface area contributed by atoms with Gasteiger partial charge in [0.25, 0.3) is 0 Å². The Morgan fingerprint density at radius 3 is 2.24 bits per heavy atom. The Morgan fingerprint density at radius 1 is 1.00 bits per heavy atom. The third-order valence-electron chi connectivity index (χ3n) is 5.68. The minimum Gasteiger partial charge on any atom is -0.316 e. The average molecular weight is 296 g/mol. The Bertz CT molecular complexity index is 280. The molecule has 2 saturated heterocycles. The van der Waals surface area contributed by atoms with Crippen molar-refractivity contribution < 1.29 is 0 Å². The molecule has 1 unspecified atom stereocenters. The van der Waals surface area contributed by atoms with Crippen molar-refractivity contribution in [1.29, 1.82) is 0 Å². The van der Waals surface area contributed by atoms with E-state index in [0.29, 0.717) is 5.41 Å². The predicted octanol–water partition coefficient (Wildman–Crippen LogP) is 2.82. The summed E-state index contributed by atoms with van der Waals surface area (Å²) in [5.41, 5.74) is 0.442. The van der Waals surface area contributed by atoms with Gasteiger partial charge in [-0.3, -0.25) is 0 Å². The molecule has 0 aromatic rings. The van der Waals surface area contributed by atoms with Crippen LogP contribution in [0.2, 0.25) is 0 Å². The minimum absolute atomic E-state index is 0.442. The van der Waals surface area contributed by atoms with Crippen LogP contribution in [-0.4, -0.2) is 62.2 Å². The minimum atomic E-state index is 0.442. The fraction of sp³-hybridized carbons (Fsp3) is 1.00. The van der Waals surface area contributed by atoms with Gasteiger partial charge in [0.2, 0.25) is 0 Å². The van der Waals surface area contributed by atoms with Crippen LogP contribution in [0.5, 0.6) is 0 Å². The van der Waals surface area contributed by atoms with Crippen molar-refractivity contribution in [2.24, 2.45) is 11.3 Å². The molecule has 21 heavy (non-hydrogen) atoms. The molecule has 2 aliphatic rings. The van der Waals surface area contributed by atoms with Crippen LogP contribution in [0, 0.1) is 11.3 Å². The first-order valence-electron chi connectivity index (χ1n) is 9.30. The van der Waals surface area contributed by atoms with Crippen molar-refractivity contribution in [2.75, 3.05) is 52.4 Å². The Morgan fingerprint density at radius 2 is 1.67 bits per heavy atom. The molecule has 1 N–H and O–H groups in total. The molecule has 0 aliphatic carbocycles. The Labute approximate surface area is 132 Å². The maximum absolute atomic E-state index is 3.55. The number of piperidine rings is 1. The highest BCUT2D eigenvalue weighted by Gasteiger charge is 2.28. The quantitative estimate of drug-likeness (QED) is 0.743. The molecule has 0 spiro atoms. The molecule has 2 aliphatic heterocycles. The van der Waals surface area contributed by atoms with Gasteiger partial charge in [-0.25, -0.2) is 0 Å². The van der Waals surface area contributed by atoms with Gasteiger partial charge in [-0.2, -0.15) is 0 Å². The summed E-state index contributed by atoms with van der Waals surface area (Å²) in [5, 5.41) is 3.55. The van der Waals surface area contributed by atoms with E-state index in [1.165, 1.54) is 71.4 Å². The summed E-state index contributed by atoms with van der Waals surface area (Å²) in [4.78, 5) is 5.42. The van der Waals surface area contributed by atoms with Crippen LogP contribution in [0.15, 0.2) is 0 Å². The van der Waals surface area contributed by atoms with Crippen molar-refractivity contribution in [3.8, 4) is 0 Å². The van der Waals surface area contributed by atoms with E-state index in [4.69, 9.17) is 0 Å². The molecule has 0 saturated carbocycles. The molecule has 0 bridgehead atoms. The summed E-state index contributed by atoms with van der Waals surface area (Å²) >= 11 is 0. The van der Waals surface area contributed by atoms with E-state index >= 15 is 0 Å². The lowest BCUT2D eigenvalue weighted by Crippen LogP contribution is -2.46. The predicted molar refractivity (Wildman–Crippen MR) is 91.8 cm³/mol. The highest BCUT2D eigenvalue weighted by Crippen LogP contribution is 2.26. The van der Waals surface area contributed by atoms with Gasteiger partial charge in [0.05, 0.1) is 0 Å². The molecule has 0 aromatic carbocycles. The second-order valence-electron chi connectivity index (χ2n) is 7.67. The summed E-state index contributed by atoms with van der Waals surface area (Å²) in [7, 11) is 0. The van der Waals surface area contributed by atoms with E-state index in [1.54, 1.807) is 0 Å². The summed E-state index contributed by atoms with van der Waals surface area (Å²) < 4.78 is 0. The summed E-state index contributed by atoms with van der Waals surface area (Å²) in [6.45, 7) is 17.3. The maximum atomic E-state index is 3.55. The first kappa shape index (κ1) is 17.2. The Balaban J connectivity index is 1.69. The maximum Gasteiger partial charge on any atom is 0.00474 e. The van der Waals surface area contributed by atoms with Gasteiger partial charge in [0.15, 0.2) is 0 Å². The summed E-state index contributed by atoms with van der Waals surface area (Å²) in [6, 6.07) is 0. The molecule has 0 aromatic heterocycles. The van der Waals surface area contributed by atoms with Gasteiger partial charge in [0.1, 0.15) is 0 Å². The SMILES string of the molecule is CCNCC(C)(CC)CN1CCC(CN2CCCC2)CC1. The molecule has 3 nitrogen and oxygen atoms in total. The molecule has 0 amide bonds. The normalized spacial score (nSPS) is 25.3. The summed E-state index contributed by atoms with van der Waals surface area (Å²) in [5.74, 6) is 0.959. The fourth-order valence-electron chi connectivity index (χ4n) is 3.92. The monoisotopic (exact) mass is 295 g/mol. The largest absolute Gasteiger partial charge is 0.316 e. The van der Waals surface area contributed by atoms with Crippen LogP contribution in [0.4, 0.5) is 0 Å². The highest BCUT2D eigenvalue weighted by atomic mass is 15.2. The third kappa shape index (κ3) is 5.54. The van der Waals surface area contributed by atoms with Crippen LogP contribution in [0.25, 0.3) is 0 Å². The lowest BCUT2D eigenvalue weighted by atomic mass is 9.85. The number of hydrogen-bond donors (Lipinski definition) is 1. The first-order chi connectivity index (χ1) is 10.1. The third-order valence-corrected chi connectivity index (χ3v) is 5.68. The van der Waals surface area contributed by atoms with E-state index in [-0.39, 0.29) is 0 Å². The van der Waals surface area contributed by atoms with Gasteiger partial charge in [-0.1, -0.05) is 20.8 Å². The fourth-order valence-corrected chi connectivity index (χ4v) is 3.92. The number of nitrogens with zero attached hydrogens (tertiary/aromatic N) is 2. The molecular weight excluding hydrogens is 258 g/mol. The standard InChI is InChI=1S/C18H37N3/c1-4-18(3,15-19-5-2)16-21-12-8-17(9-13-21)14-20-10-6-7-11-20/h17,19H,4-16H2,1-3H3. The number of likely N-dealkylation sites (tertiary alicyclic amines) is 2. The van der Waals surface area contributed by atoms with Crippen molar-refractivity contribution >= 4 is 0 Å². The van der Waals surface area contributed by atoms with Gasteiger partial charge in [0, 0.05) is 19.6 Å². The summed E-state index contributed by atoms with van der Waals surface area (Å²) in [6.07, 6.45) is 6.96. The van der Waals surface area contributed by atoms with Crippen LogP contribution < -0.4 is 5.32 Å². The van der Waals surface area contributed by atoms with E-state index in [1.807, 2.05) is 0 Å². The molecule has 2 heterocycles. The Hall–Kier alpha value is -0.120. The molecule has 0 radical (unpaired) electrons. The van der Waals surface area contributed by atoms with Crippen LogP contribution in [0.1, 0.15) is 52.9 Å². The van der Waals surface area contributed by atoms with Crippen LogP contribution >= 0.6 is 0 Å². The highest BCUT2D eigenvalue weighted by molar-refractivity contribution is 4.83.